The zero-order chi connectivity index (χ0) is 28.5. The lowest BCUT2D eigenvalue weighted by Crippen LogP contribution is -2.70. The van der Waals surface area contributed by atoms with E-state index in [1.807, 2.05) is 64.3 Å². The molecule has 1 unspecified atom stereocenters. The number of amides is 2. The normalized spacial score (nSPS) is 22.5. The molecule has 39 heavy (non-hydrogen) atoms. The van der Waals surface area contributed by atoms with Crippen LogP contribution in [0, 0.1) is 0 Å². The van der Waals surface area contributed by atoms with E-state index in [4.69, 9.17) is 4.74 Å². The fraction of sp³-hybridized carbons (Fsp3) is 0.517. The summed E-state index contributed by atoms with van der Waals surface area (Å²) in [4.78, 5) is 58.0. The SMILES string of the molecule is CN(C)CCCCC(C(=O)OC(=O)[C@@H]1N2C(=O)[C@@H](NC(=O)c3cccc4ccccc34)[C@H]2SC1(C)C)N(C)C. The van der Waals surface area contributed by atoms with E-state index in [0.29, 0.717) is 12.0 Å². The number of nitrogens with one attached hydrogen (secondary N) is 1. The lowest BCUT2D eigenvalue weighted by molar-refractivity contribution is -0.172. The average molecular weight is 555 g/mol. The molecule has 0 aliphatic carbocycles. The van der Waals surface area contributed by atoms with Crippen LogP contribution in [0.5, 0.6) is 0 Å². The molecule has 0 aromatic heterocycles. The fourth-order valence-electron chi connectivity index (χ4n) is 5.34. The maximum absolute atomic E-state index is 13.3. The third-order valence-corrected chi connectivity index (χ3v) is 8.99. The molecule has 0 spiro atoms. The average Bonchev–Trinajstić information content (AvgIpc) is 3.13. The van der Waals surface area contributed by atoms with Gasteiger partial charge in [0.25, 0.3) is 5.91 Å². The molecule has 2 aromatic rings. The molecule has 210 valence electrons. The Morgan fingerprint density at radius 1 is 1.05 bits per heavy atom. The van der Waals surface area contributed by atoms with Crippen molar-refractivity contribution in [2.75, 3.05) is 34.7 Å². The number of hydrogen-bond donors (Lipinski definition) is 1. The molecule has 2 aliphatic heterocycles. The molecule has 2 fully saturated rings. The lowest BCUT2D eigenvalue weighted by atomic mass is 9.95. The van der Waals surface area contributed by atoms with Crippen LogP contribution in [0.15, 0.2) is 42.5 Å². The van der Waals surface area contributed by atoms with E-state index in [1.165, 1.54) is 16.7 Å². The molecule has 4 atom stereocenters. The van der Waals surface area contributed by atoms with Gasteiger partial charge >= 0.3 is 11.9 Å². The Morgan fingerprint density at radius 2 is 1.74 bits per heavy atom. The molecule has 9 nitrogen and oxygen atoms in total. The summed E-state index contributed by atoms with van der Waals surface area (Å²) in [6, 6.07) is 10.8. The van der Waals surface area contributed by atoms with Crippen molar-refractivity contribution < 1.29 is 23.9 Å². The van der Waals surface area contributed by atoms with Gasteiger partial charge < -0.3 is 19.9 Å². The van der Waals surface area contributed by atoms with Crippen LogP contribution in [-0.2, 0) is 19.1 Å². The van der Waals surface area contributed by atoms with Crippen LogP contribution < -0.4 is 5.32 Å². The highest BCUT2D eigenvalue weighted by molar-refractivity contribution is 8.01. The van der Waals surface area contributed by atoms with Crippen molar-refractivity contribution in [3.05, 3.63) is 48.0 Å². The molecule has 2 aliphatic rings. The molecule has 2 amide bonds. The number of esters is 2. The zero-order valence-corrected chi connectivity index (χ0v) is 24.3. The number of likely N-dealkylation sites (N-methyl/N-ethyl adjacent to an activating group) is 1. The number of unbranched alkanes of at least 4 members (excludes halogenated alkanes) is 1. The number of rotatable bonds is 10. The van der Waals surface area contributed by atoms with Crippen molar-refractivity contribution >= 4 is 46.3 Å². The topological polar surface area (TPSA) is 99.3 Å². The van der Waals surface area contributed by atoms with Gasteiger partial charge in [0, 0.05) is 10.3 Å². The Morgan fingerprint density at radius 3 is 2.44 bits per heavy atom. The maximum Gasteiger partial charge on any atom is 0.338 e. The van der Waals surface area contributed by atoms with E-state index in [1.54, 1.807) is 25.1 Å². The largest absolute Gasteiger partial charge is 0.390 e. The van der Waals surface area contributed by atoms with Crippen LogP contribution in [0.4, 0.5) is 0 Å². The highest BCUT2D eigenvalue weighted by atomic mass is 32.2. The third-order valence-electron chi connectivity index (χ3n) is 7.41. The van der Waals surface area contributed by atoms with Gasteiger partial charge in [0.15, 0.2) is 0 Å². The van der Waals surface area contributed by atoms with Crippen LogP contribution in [0.1, 0.15) is 43.5 Å². The van der Waals surface area contributed by atoms with E-state index in [2.05, 4.69) is 10.2 Å². The minimum absolute atomic E-state index is 0.340. The van der Waals surface area contributed by atoms with Gasteiger partial charge in [-0.1, -0.05) is 42.8 Å². The lowest BCUT2D eigenvalue weighted by Gasteiger charge is -2.43. The van der Waals surface area contributed by atoms with Crippen molar-refractivity contribution in [3.63, 3.8) is 0 Å². The van der Waals surface area contributed by atoms with Crippen LogP contribution >= 0.6 is 11.8 Å². The van der Waals surface area contributed by atoms with Gasteiger partial charge in [0.05, 0.1) is 0 Å². The van der Waals surface area contributed by atoms with Gasteiger partial charge in [-0.2, -0.15) is 0 Å². The summed E-state index contributed by atoms with van der Waals surface area (Å²) in [6.07, 6.45) is 2.32. The van der Waals surface area contributed by atoms with E-state index in [-0.39, 0.29) is 11.8 Å². The third kappa shape index (κ3) is 5.97. The van der Waals surface area contributed by atoms with Crippen LogP contribution in [0.25, 0.3) is 10.8 Å². The first kappa shape index (κ1) is 29.0. The second-order valence-corrected chi connectivity index (χ2v) is 13.0. The number of nitrogens with zero attached hydrogens (tertiary/aromatic N) is 3. The Bertz CT molecular complexity index is 1260. The van der Waals surface area contributed by atoms with E-state index in [0.717, 1.165) is 30.2 Å². The minimum atomic E-state index is -0.925. The quantitative estimate of drug-likeness (QED) is 0.207. The number of ether oxygens (including phenoxy) is 1. The molecule has 0 radical (unpaired) electrons. The molecular weight excluding hydrogens is 516 g/mol. The molecule has 2 saturated heterocycles. The Hall–Kier alpha value is -2.95. The summed E-state index contributed by atoms with van der Waals surface area (Å²) in [7, 11) is 7.58. The van der Waals surface area contributed by atoms with Gasteiger partial charge in [0.2, 0.25) is 5.91 Å². The second kappa shape index (κ2) is 11.7. The first-order chi connectivity index (χ1) is 18.4. The van der Waals surface area contributed by atoms with Gasteiger partial charge in [-0.05, 0) is 78.3 Å². The summed E-state index contributed by atoms with van der Waals surface area (Å²) in [6.45, 7) is 4.63. The monoisotopic (exact) mass is 554 g/mol. The van der Waals surface area contributed by atoms with Crippen molar-refractivity contribution in [2.45, 2.75) is 61.4 Å². The van der Waals surface area contributed by atoms with Crippen molar-refractivity contribution in [1.29, 1.82) is 0 Å². The highest BCUT2D eigenvalue weighted by Gasteiger charge is 2.64. The molecule has 0 saturated carbocycles. The Kier molecular flexibility index (Phi) is 8.68. The predicted molar refractivity (Wildman–Crippen MR) is 152 cm³/mol. The summed E-state index contributed by atoms with van der Waals surface area (Å²) < 4.78 is 4.68. The molecule has 1 N–H and O–H groups in total. The van der Waals surface area contributed by atoms with Gasteiger partial charge in [-0.25, -0.2) is 9.59 Å². The van der Waals surface area contributed by atoms with E-state index < -0.39 is 40.2 Å². The number of carbonyl (C=O) groups is 4. The number of β-lactam (4-membered cyclic amide) rings is 1. The van der Waals surface area contributed by atoms with Crippen LogP contribution in [0.2, 0.25) is 0 Å². The number of hydrogen-bond acceptors (Lipinski definition) is 8. The Labute approximate surface area is 234 Å². The minimum Gasteiger partial charge on any atom is -0.390 e. The zero-order valence-electron chi connectivity index (χ0n) is 23.5. The molecule has 4 rings (SSSR count). The molecule has 2 heterocycles. The highest BCUT2D eigenvalue weighted by Crippen LogP contribution is 2.51. The Balaban J connectivity index is 1.41. The number of benzene rings is 2. The van der Waals surface area contributed by atoms with Crippen molar-refractivity contribution in [1.82, 2.24) is 20.0 Å². The van der Waals surface area contributed by atoms with Gasteiger partial charge in [0.1, 0.15) is 23.5 Å². The summed E-state index contributed by atoms with van der Waals surface area (Å²) in [5.74, 6) is -2.03. The first-order valence-electron chi connectivity index (χ1n) is 13.3. The molecule has 10 heteroatoms. The number of thioether (sulfide) groups is 1. The first-order valence-corrected chi connectivity index (χ1v) is 14.2. The van der Waals surface area contributed by atoms with Gasteiger partial charge in [-0.15, -0.1) is 11.8 Å². The van der Waals surface area contributed by atoms with E-state index >= 15 is 0 Å². The molecular formula is C29H38N4O5S. The number of carbonyl (C=O) groups excluding carboxylic acids is 4. The summed E-state index contributed by atoms with van der Waals surface area (Å²) >= 11 is 1.43. The van der Waals surface area contributed by atoms with Crippen LogP contribution in [0.3, 0.4) is 0 Å². The predicted octanol–water partition coefficient (Wildman–Crippen LogP) is 2.73. The van der Waals surface area contributed by atoms with Crippen molar-refractivity contribution in [2.24, 2.45) is 0 Å². The summed E-state index contributed by atoms with van der Waals surface area (Å²) in [5, 5.41) is 4.19. The molecule has 0 bridgehead atoms. The molecule has 2 aromatic carbocycles. The number of fused-ring (bicyclic) bond motifs is 2. The smallest absolute Gasteiger partial charge is 0.338 e. The summed E-state index contributed by atoms with van der Waals surface area (Å²) in [5.41, 5.74) is 0.489. The van der Waals surface area contributed by atoms with Crippen molar-refractivity contribution in [3.8, 4) is 0 Å². The second-order valence-electron chi connectivity index (χ2n) is 11.3. The van der Waals surface area contributed by atoms with Crippen LogP contribution in [-0.4, -0.2) is 101 Å². The fourth-order valence-corrected chi connectivity index (χ4v) is 6.97. The maximum atomic E-state index is 13.3. The van der Waals surface area contributed by atoms with Gasteiger partial charge in [-0.3, -0.25) is 14.5 Å². The van der Waals surface area contributed by atoms with E-state index in [9.17, 15) is 19.2 Å². The standard InChI is InChI=1S/C29H38N4O5S/c1-29(2)23(28(37)38-27(36)21(32(5)6)16-9-10-17-31(3)4)33-25(35)22(26(33)39-29)30-24(34)20-15-11-13-18-12-7-8-14-19(18)20/h7-8,11-15,21-23,26H,9-10,16-17H2,1-6H3,(H,30,34)/t21?,22-,23+,26-/m1/s1.